The molecule has 134 valence electrons. The summed E-state index contributed by atoms with van der Waals surface area (Å²) < 4.78 is 12.3. The molecule has 0 amide bonds. The summed E-state index contributed by atoms with van der Waals surface area (Å²) in [6, 6.07) is 5.46. The summed E-state index contributed by atoms with van der Waals surface area (Å²) in [5.41, 5.74) is 0.354. The maximum absolute atomic E-state index is 11.7. The summed E-state index contributed by atoms with van der Waals surface area (Å²) >= 11 is 4.99. The number of aromatic amines is 1. The standard InChI is InChI=1S/C17H22N4O3S/c1-3-4-5-6-9-24-14-8-7-13(10-15(14)23-2)11-19-21-16(22)12-18-20-17(21)25/h7-8,10-12H,3-6,9H2,1-2H3,(H,20,25)/b19-11+. The molecule has 0 unspecified atom stereocenters. The molecule has 0 aliphatic carbocycles. The van der Waals surface area contributed by atoms with Crippen molar-refractivity contribution in [1.82, 2.24) is 14.9 Å². The smallest absolute Gasteiger partial charge is 0.293 e. The summed E-state index contributed by atoms with van der Waals surface area (Å²) in [5, 5.41) is 10.2. The van der Waals surface area contributed by atoms with Crippen molar-refractivity contribution >= 4 is 18.4 Å². The lowest BCUT2D eigenvalue weighted by atomic mass is 10.2. The van der Waals surface area contributed by atoms with Gasteiger partial charge in [-0.2, -0.15) is 14.9 Å². The molecular weight excluding hydrogens is 340 g/mol. The second-order valence-electron chi connectivity index (χ2n) is 5.39. The SMILES string of the molecule is CCCCCCOc1ccc(/C=N/n2c(=O)cn[nH]c2=S)cc1OC. The first kappa shape index (κ1) is 18.9. The van der Waals surface area contributed by atoms with Gasteiger partial charge in [-0.3, -0.25) is 9.89 Å². The van der Waals surface area contributed by atoms with Crippen molar-refractivity contribution in [2.45, 2.75) is 32.6 Å². The molecule has 7 nitrogen and oxygen atoms in total. The van der Waals surface area contributed by atoms with Crippen LogP contribution in [0.5, 0.6) is 11.5 Å². The Morgan fingerprint density at radius 1 is 1.32 bits per heavy atom. The molecule has 0 bridgehead atoms. The molecule has 8 heteroatoms. The summed E-state index contributed by atoms with van der Waals surface area (Å²) in [7, 11) is 1.59. The van der Waals surface area contributed by atoms with Crippen LogP contribution in [-0.4, -0.2) is 34.8 Å². The van der Waals surface area contributed by atoms with Crippen LogP contribution in [0.4, 0.5) is 0 Å². The minimum Gasteiger partial charge on any atom is -0.493 e. The van der Waals surface area contributed by atoms with Gasteiger partial charge in [0.25, 0.3) is 5.56 Å². The fourth-order valence-electron chi connectivity index (χ4n) is 2.17. The van der Waals surface area contributed by atoms with Gasteiger partial charge >= 0.3 is 0 Å². The Bertz CT molecular complexity index is 801. The minimum absolute atomic E-state index is 0.128. The Kier molecular flexibility index (Phi) is 7.34. The quantitative estimate of drug-likeness (QED) is 0.421. The number of unbranched alkanes of at least 4 members (excludes halogenated alkanes) is 3. The molecule has 0 radical (unpaired) electrons. The first-order chi connectivity index (χ1) is 12.2. The van der Waals surface area contributed by atoms with E-state index in [2.05, 4.69) is 22.2 Å². The van der Waals surface area contributed by atoms with Crippen LogP contribution >= 0.6 is 12.2 Å². The maximum Gasteiger partial charge on any atom is 0.293 e. The van der Waals surface area contributed by atoms with E-state index in [0.717, 1.165) is 29.3 Å². The van der Waals surface area contributed by atoms with E-state index in [1.165, 1.54) is 19.1 Å². The molecule has 2 rings (SSSR count). The number of hydrogen-bond donors (Lipinski definition) is 1. The topological polar surface area (TPSA) is 81.5 Å². The van der Waals surface area contributed by atoms with Gasteiger partial charge in [0.2, 0.25) is 4.77 Å². The number of rotatable bonds is 9. The third-order valence-electron chi connectivity index (χ3n) is 3.50. The predicted molar refractivity (Wildman–Crippen MR) is 99.3 cm³/mol. The molecule has 1 N–H and O–H groups in total. The van der Waals surface area contributed by atoms with Crippen LogP contribution in [-0.2, 0) is 0 Å². The van der Waals surface area contributed by atoms with E-state index < -0.39 is 5.56 Å². The summed E-state index contributed by atoms with van der Waals surface area (Å²) in [5.74, 6) is 1.31. The van der Waals surface area contributed by atoms with E-state index in [4.69, 9.17) is 21.7 Å². The van der Waals surface area contributed by atoms with Crippen LogP contribution in [0.3, 0.4) is 0 Å². The molecule has 0 saturated heterocycles. The third-order valence-corrected chi connectivity index (χ3v) is 3.77. The Balaban J connectivity index is 2.09. The van der Waals surface area contributed by atoms with Gasteiger partial charge in [-0.15, -0.1) is 0 Å². The van der Waals surface area contributed by atoms with Crippen LogP contribution in [0.15, 0.2) is 34.3 Å². The Hall–Kier alpha value is -2.48. The highest BCUT2D eigenvalue weighted by molar-refractivity contribution is 7.71. The van der Waals surface area contributed by atoms with Crippen molar-refractivity contribution in [3.05, 3.63) is 45.1 Å². The van der Waals surface area contributed by atoms with E-state index in [-0.39, 0.29) is 4.77 Å². The van der Waals surface area contributed by atoms with E-state index in [1.807, 2.05) is 12.1 Å². The predicted octanol–water partition coefficient (Wildman–Crippen LogP) is 3.15. The molecule has 0 spiro atoms. The molecule has 0 aliphatic rings. The zero-order valence-electron chi connectivity index (χ0n) is 14.4. The van der Waals surface area contributed by atoms with Gasteiger partial charge in [0, 0.05) is 0 Å². The Labute approximate surface area is 151 Å². The van der Waals surface area contributed by atoms with Gasteiger partial charge in [-0.1, -0.05) is 26.2 Å². The van der Waals surface area contributed by atoms with Gasteiger partial charge in [0.15, 0.2) is 11.5 Å². The van der Waals surface area contributed by atoms with Crippen LogP contribution in [0.1, 0.15) is 38.2 Å². The minimum atomic E-state index is -0.404. The first-order valence-corrected chi connectivity index (χ1v) is 8.58. The first-order valence-electron chi connectivity index (χ1n) is 8.17. The second-order valence-corrected chi connectivity index (χ2v) is 5.78. The van der Waals surface area contributed by atoms with E-state index >= 15 is 0 Å². The Morgan fingerprint density at radius 3 is 2.88 bits per heavy atom. The molecule has 25 heavy (non-hydrogen) atoms. The van der Waals surface area contributed by atoms with Crippen molar-refractivity contribution in [3.8, 4) is 11.5 Å². The van der Waals surface area contributed by atoms with E-state index in [1.54, 1.807) is 13.2 Å². The van der Waals surface area contributed by atoms with Crippen molar-refractivity contribution in [1.29, 1.82) is 0 Å². The molecule has 2 aromatic rings. The number of benzene rings is 1. The largest absolute Gasteiger partial charge is 0.493 e. The van der Waals surface area contributed by atoms with Crippen LogP contribution in [0.25, 0.3) is 0 Å². The molecule has 1 heterocycles. The summed E-state index contributed by atoms with van der Waals surface area (Å²) in [6.45, 7) is 2.84. The van der Waals surface area contributed by atoms with Crippen LogP contribution < -0.4 is 15.0 Å². The number of methoxy groups -OCH3 is 1. The van der Waals surface area contributed by atoms with Gasteiger partial charge in [0.05, 0.1) is 19.9 Å². The number of ether oxygens (including phenoxy) is 2. The fraction of sp³-hybridized carbons (Fsp3) is 0.412. The number of nitrogens with zero attached hydrogens (tertiary/aromatic N) is 3. The zero-order valence-corrected chi connectivity index (χ0v) is 15.2. The lowest BCUT2D eigenvalue weighted by molar-refractivity contribution is 0.285. The average Bonchev–Trinajstić information content (AvgIpc) is 2.61. The third kappa shape index (κ3) is 5.53. The number of aromatic nitrogens is 3. The van der Waals surface area contributed by atoms with Crippen molar-refractivity contribution in [2.75, 3.05) is 13.7 Å². The number of hydrogen-bond acceptors (Lipinski definition) is 6. The Morgan fingerprint density at radius 2 is 2.16 bits per heavy atom. The molecule has 1 aromatic heterocycles. The van der Waals surface area contributed by atoms with Crippen LogP contribution in [0, 0.1) is 4.77 Å². The van der Waals surface area contributed by atoms with Crippen LogP contribution in [0.2, 0.25) is 0 Å². The monoisotopic (exact) mass is 362 g/mol. The highest BCUT2D eigenvalue weighted by atomic mass is 32.1. The molecule has 1 aromatic carbocycles. The highest BCUT2D eigenvalue weighted by Gasteiger charge is 2.05. The molecule has 0 aliphatic heterocycles. The van der Waals surface area contributed by atoms with Crippen molar-refractivity contribution in [2.24, 2.45) is 5.10 Å². The van der Waals surface area contributed by atoms with Gasteiger partial charge in [-0.05, 0) is 42.4 Å². The number of H-pyrrole nitrogens is 1. The fourth-order valence-corrected chi connectivity index (χ4v) is 2.36. The zero-order chi connectivity index (χ0) is 18.1. The lowest BCUT2D eigenvalue weighted by Gasteiger charge is -2.11. The second kappa shape index (κ2) is 9.73. The molecule has 0 atom stereocenters. The van der Waals surface area contributed by atoms with Gasteiger partial charge < -0.3 is 9.47 Å². The lowest BCUT2D eigenvalue weighted by Crippen LogP contribution is -2.18. The maximum atomic E-state index is 11.7. The highest BCUT2D eigenvalue weighted by Crippen LogP contribution is 2.27. The van der Waals surface area contributed by atoms with Crippen molar-refractivity contribution < 1.29 is 9.47 Å². The molecule has 0 fully saturated rings. The average molecular weight is 362 g/mol. The van der Waals surface area contributed by atoms with Gasteiger partial charge in [0.1, 0.15) is 6.20 Å². The molecule has 0 saturated carbocycles. The van der Waals surface area contributed by atoms with Crippen molar-refractivity contribution in [3.63, 3.8) is 0 Å². The van der Waals surface area contributed by atoms with Gasteiger partial charge in [-0.25, -0.2) is 0 Å². The molecular formula is C17H22N4O3S. The summed E-state index contributed by atoms with van der Waals surface area (Å²) in [6.07, 6.45) is 7.23. The summed E-state index contributed by atoms with van der Waals surface area (Å²) in [4.78, 5) is 11.7. The normalized spacial score (nSPS) is 11.0. The number of nitrogens with one attached hydrogen (secondary N) is 1. The van der Waals surface area contributed by atoms with E-state index in [0.29, 0.717) is 18.1 Å². The van der Waals surface area contributed by atoms with E-state index in [9.17, 15) is 4.79 Å².